The van der Waals surface area contributed by atoms with Gasteiger partial charge in [-0.3, -0.25) is 9.59 Å². The summed E-state index contributed by atoms with van der Waals surface area (Å²) in [5.74, 6) is -0.682. The first-order valence-electron chi connectivity index (χ1n) is 14.1. The highest BCUT2D eigenvalue weighted by molar-refractivity contribution is 5.85. The normalized spacial score (nSPS) is 10.9. The average Bonchev–Trinajstić information content (AvgIpc) is 3.44. The van der Waals surface area contributed by atoms with Crippen molar-refractivity contribution in [2.75, 3.05) is 33.4 Å². The maximum absolute atomic E-state index is 13.8. The zero-order valence-corrected chi connectivity index (χ0v) is 24.0. The lowest BCUT2D eigenvalue weighted by atomic mass is 10.2. The lowest BCUT2D eigenvalue weighted by Crippen LogP contribution is -2.44. The fourth-order valence-corrected chi connectivity index (χ4v) is 4.64. The first kappa shape index (κ1) is 30.7. The van der Waals surface area contributed by atoms with Gasteiger partial charge >= 0.3 is 0 Å². The molecular formula is C34H38FN3O4. The molecule has 1 heterocycles. The summed E-state index contributed by atoms with van der Waals surface area (Å²) in [6.07, 6.45) is 2.56. The molecular weight excluding hydrogens is 533 g/mol. The molecule has 8 heteroatoms. The molecule has 0 radical (unpaired) electrons. The van der Waals surface area contributed by atoms with Crippen LogP contribution in [0, 0.1) is 5.82 Å². The predicted molar refractivity (Wildman–Crippen MR) is 160 cm³/mol. The SMILES string of the molecule is COCCCN(CC(=O)N(Cc1ccccc1)Cc1cccn1Cc1ccc(F)cc1)C(=O)COCc1ccccc1. The lowest BCUT2D eigenvalue weighted by Gasteiger charge is -2.28. The third-order valence-electron chi connectivity index (χ3n) is 6.90. The molecule has 0 aliphatic carbocycles. The number of hydrogen-bond donors (Lipinski definition) is 0. The van der Waals surface area contributed by atoms with E-state index in [0.717, 1.165) is 22.4 Å². The highest BCUT2D eigenvalue weighted by Crippen LogP contribution is 2.15. The first-order chi connectivity index (χ1) is 20.5. The Morgan fingerprint density at radius 3 is 2.14 bits per heavy atom. The van der Waals surface area contributed by atoms with Gasteiger partial charge in [0.25, 0.3) is 0 Å². The molecule has 2 amide bonds. The smallest absolute Gasteiger partial charge is 0.249 e. The molecule has 0 saturated heterocycles. The van der Waals surface area contributed by atoms with Crippen LogP contribution in [0.15, 0.2) is 103 Å². The Labute approximate surface area is 247 Å². The highest BCUT2D eigenvalue weighted by atomic mass is 19.1. The minimum absolute atomic E-state index is 0.0667. The Bertz CT molecular complexity index is 1380. The summed E-state index contributed by atoms with van der Waals surface area (Å²) in [5, 5.41) is 0. The summed E-state index contributed by atoms with van der Waals surface area (Å²) in [6.45, 7) is 2.30. The number of halogens is 1. The summed E-state index contributed by atoms with van der Waals surface area (Å²) in [7, 11) is 1.61. The van der Waals surface area contributed by atoms with Crippen LogP contribution in [-0.4, -0.2) is 59.6 Å². The van der Waals surface area contributed by atoms with Crippen molar-refractivity contribution in [2.45, 2.75) is 32.7 Å². The molecule has 0 unspecified atom stereocenters. The number of ether oxygens (including phenoxy) is 2. The zero-order valence-electron chi connectivity index (χ0n) is 24.0. The van der Waals surface area contributed by atoms with Crippen LogP contribution in [0.1, 0.15) is 28.8 Å². The second kappa shape index (κ2) is 16.2. The van der Waals surface area contributed by atoms with Crippen molar-refractivity contribution in [3.63, 3.8) is 0 Å². The van der Waals surface area contributed by atoms with Gasteiger partial charge in [0, 0.05) is 45.2 Å². The van der Waals surface area contributed by atoms with Crippen molar-refractivity contribution in [1.29, 1.82) is 0 Å². The number of carbonyl (C=O) groups is 2. The maximum Gasteiger partial charge on any atom is 0.249 e. The molecule has 0 fully saturated rings. The molecule has 0 aliphatic rings. The van der Waals surface area contributed by atoms with Gasteiger partial charge in [0.2, 0.25) is 11.8 Å². The van der Waals surface area contributed by atoms with Crippen molar-refractivity contribution in [2.24, 2.45) is 0 Å². The minimum atomic E-state index is -0.277. The molecule has 0 atom stereocenters. The second-order valence-electron chi connectivity index (χ2n) is 10.1. The van der Waals surface area contributed by atoms with E-state index in [0.29, 0.717) is 45.8 Å². The van der Waals surface area contributed by atoms with Crippen LogP contribution in [0.5, 0.6) is 0 Å². The van der Waals surface area contributed by atoms with Crippen LogP contribution < -0.4 is 0 Å². The predicted octanol–water partition coefficient (Wildman–Crippen LogP) is 5.29. The highest BCUT2D eigenvalue weighted by Gasteiger charge is 2.23. The number of carbonyl (C=O) groups excluding carboxylic acids is 2. The van der Waals surface area contributed by atoms with Crippen LogP contribution >= 0.6 is 0 Å². The van der Waals surface area contributed by atoms with Gasteiger partial charge in [-0.15, -0.1) is 0 Å². The number of aromatic nitrogens is 1. The topological polar surface area (TPSA) is 64.0 Å². The third kappa shape index (κ3) is 9.68. The summed E-state index contributed by atoms with van der Waals surface area (Å²) in [4.78, 5) is 30.4. The third-order valence-corrected chi connectivity index (χ3v) is 6.90. The van der Waals surface area contributed by atoms with Gasteiger partial charge in [-0.2, -0.15) is 0 Å². The molecule has 4 aromatic rings. The van der Waals surface area contributed by atoms with Crippen molar-refractivity contribution < 1.29 is 23.5 Å². The van der Waals surface area contributed by atoms with Gasteiger partial charge < -0.3 is 23.8 Å². The average molecular weight is 572 g/mol. The van der Waals surface area contributed by atoms with Gasteiger partial charge in [-0.05, 0) is 47.4 Å². The summed E-state index contributed by atoms with van der Waals surface area (Å²) >= 11 is 0. The van der Waals surface area contributed by atoms with Crippen molar-refractivity contribution >= 4 is 11.8 Å². The number of amides is 2. The van der Waals surface area contributed by atoms with Crippen molar-refractivity contribution in [1.82, 2.24) is 14.4 Å². The molecule has 0 saturated carbocycles. The van der Waals surface area contributed by atoms with E-state index in [-0.39, 0.29) is 30.8 Å². The lowest BCUT2D eigenvalue weighted by molar-refractivity contribution is -0.144. The molecule has 0 spiro atoms. The monoisotopic (exact) mass is 571 g/mol. The van der Waals surface area contributed by atoms with E-state index < -0.39 is 0 Å². The fourth-order valence-electron chi connectivity index (χ4n) is 4.64. The first-order valence-corrected chi connectivity index (χ1v) is 14.1. The Hall–Kier alpha value is -4.27. The quantitative estimate of drug-likeness (QED) is 0.172. The molecule has 4 rings (SSSR count). The van der Waals surface area contributed by atoms with Gasteiger partial charge in [-0.25, -0.2) is 4.39 Å². The maximum atomic E-state index is 13.8. The Kier molecular flexibility index (Phi) is 11.9. The summed E-state index contributed by atoms with van der Waals surface area (Å²) in [5.41, 5.74) is 3.86. The molecule has 3 aromatic carbocycles. The van der Waals surface area contributed by atoms with Crippen LogP contribution in [0.2, 0.25) is 0 Å². The van der Waals surface area contributed by atoms with E-state index in [1.54, 1.807) is 29.0 Å². The van der Waals surface area contributed by atoms with Crippen molar-refractivity contribution in [3.8, 4) is 0 Å². The second-order valence-corrected chi connectivity index (χ2v) is 10.1. The molecule has 42 heavy (non-hydrogen) atoms. The van der Waals surface area contributed by atoms with Gasteiger partial charge in [-0.1, -0.05) is 72.8 Å². The largest absolute Gasteiger partial charge is 0.385 e. The van der Waals surface area contributed by atoms with Gasteiger partial charge in [0.1, 0.15) is 12.4 Å². The van der Waals surface area contributed by atoms with E-state index in [9.17, 15) is 14.0 Å². The molecule has 0 aliphatic heterocycles. The number of nitrogens with zero attached hydrogens (tertiary/aromatic N) is 3. The number of methoxy groups -OCH3 is 1. The molecule has 1 aromatic heterocycles. The Morgan fingerprint density at radius 2 is 1.45 bits per heavy atom. The number of rotatable bonds is 16. The standard InChI is InChI=1S/C34H38FN3O4/c1-41-21-9-20-37(34(40)27-42-26-30-12-6-3-7-13-30)25-33(39)38(23-28-10-4-2-5-11-28)24-32-14-8-19-36(32)22-29-15-17-31(35)18-16-29/h2-8,10-19H,9,20-27H2,1H3. The van der Waals surface area contributed by atoms with Gasteiger partial charge in [0.15, 0.2) is 0 Å². The Morgan fingerprint density at radius 1 is 0.762 bits per heavy atom. The number of hydrogen-bond acceptors (Lipinski definition) is 4. The number of benzene rings is 3. The van der Waals surface area contributed by atoms with Crippen molar-refractivity contribution in [3.05, 3.63) is 131 Å². The molecule has 220 valence electrons. The van der Waals surface area contributed by atoms with Gasteiger partial charge in [0.05, 0.1) is 19.7 Å². The van der Waals surface area contributed by atoms with E-state index in [2.05, 4.69) is 4.57 Å². The van der Waals surface area contributed by atoms with Crippen LogP contribution in [0.25, 0.3) is 0 Å². The van der Waals surface area contributed by atoms with E-state index in [1.807, 2.05) is 79.0 Å². The zero-order chi connectivity index (χ0) is 29.6. The molecule has 0 N–H and O–H groups in total. The molecule has 7 nitrogen and oxygen atoms in total. The van der Waals surface area contributed by atoms with E-state index >= 15 is 0 Å². The Balaban J connectivity index is 1.47. The molecule has 0 bridgehead atoms. The van der Waals surface area contributed by atoms with Crippen LogP contribution in [0.4, 0.5) is 4.39 Å². The van der Waals surface area contributed by atoms with Crippen LogP contribution in [-0.2, 0) is 45.3 Å². The van der Waals surface area contributed by atoms with E-state index in [1.165, 1.54) is 12.1 Å². The summed E-state index contributed by atoms with van der Waals surface area (Å²) in [6, 6.07) is 29.8. The fraction of sp³-hybridized carbons (Fsp3) is 0.294. The minimum Gasteiger partial charge on any atom is -0.385 e. The van der Waals surface area contributed by atoms with Crippen LogP contribution in [0.3, 0.4) is 0 Å². The van der Waals surface area contributed by atoms with E-state index in [4.69, 9.17) is 9.47 Å². The summed E-state index contributed by atoms with van der Waals surface area (Å²) < 4.78 is 26.4.